The van der Waals surface area contributed by atoms with Crippen molar-refractivity contribution in [2.75, 3.05) is 17.3 Å². The Bertz CT molecular complexity index is 907. The monoisotopic (exact) mass is 385 g/mol. The zero-order valence-corrected chi connectivity index (χ0v) is 15.1. The fourth-order valence-electron chi connectivity index (χ4n) is 2.76. The van der Waals surface area contributed by atoms with Crippen LogP contribution >= 0.6 is 0 Å². The Morgan fingerprint density at radius 2 is 2.00 bits per heavy atom. The number of benzene rings is 1. The minimum Gasteiger partial charge on any atom is -0.342 e. The first-order chi connectivity index (χ1) is 11.8. The predicted molar refractivity (Wildman–Crippen MR) is 91.7 cm³/mol. The highest BCUT2D eigenvalue weighted by molar-refractivity contribution is 7.91. The molecule has 0 radical (unpaired) electrons. The summed E-state index contributed by atoms with van der Waals surface area (Å²) < 4.78 is 54.2. The molecule has 1 saturated heterocycles. The van der Waals surface area contributed by atoms with E-state index in [1.54, 1.807) is 24.3 Å². The van der Waals surface area contributed by atoms with Crippen molar-refractivity contribution in [1.29, 1.82) is 0 Å². The quantitative estimate of drug-likeness (QED) is 0.754. The van der Waals surface area contributed by atoms with E-state index in [9.17, 15) is 16.8 Å². The molecule has 2 aromatic rings. The van der Waals surface area contributed by atoms with Gasteiger partial charge in [0, 0.05) is 12.1 Å². The molecule has 1 fully saturated rings. The third kappa shape index (κ3) is 5.10. The summed E-state index contributed by atoms with van der Waals surface area (Å²) in [5, 5.41) is 3.73. The number of sulfone groups is 1. The Hall–Kier alpha value is -1.78. The lowest BCUT2D eigenvalue weighted by Gasteiger charge is -2.10. The third-order valence-corrected chi connectivity index (χ3v) is 7.39. The van der Waals surface area contributed by atoms with Gasteiger partial charge in [0.15, 0.2) is 9.84 Å². The summed E-state index contributed by atoms with van der Waals surface area (Å²) >= 11 is 0. The molecule has 1 atom stereocenters. The summed E-state index contributed by atoms with van der Waals surface area (Å²) in [6, 6.07) is 7.16. The Morgan fingerprint density at radius 3 is 2.60 bits per heavy atom. The van der Waals surface area contributed by atoms with E-state index in [1.807, 2.05) is 0 Å². The smallest absolute Gasteiger partial charge is 0.214 e. The van der Waals surface area contributed by atoms with Crippen LogP contribution in [0.4, 0.5) is 0 Å². The number of nitrogens with zero attached hydrogens (tertiary/aromatic N) is 2. The first kappa shape index (κ1) is 18.0. The molecule has 1 aliphatic rings. The van der Waals surface area contributed by atoms with Crippen LogP contribution in [-0.4, -0.2) is 44.2 Å². The molecule has 0 saturated carbocycles. The van der Waals surface area contributed by atoms with Crippen molar-refractivity contribution in [1.82, 2.24) is 14.9 Å². The average molecular weight is 385 g/mol. The molecule has 8 nitrogen and oxygen atoms in total. The minimum absolute atomic E-state index is 0.0594. The second-order valence-electron chi connectivity index (χ2n) is 6.15. The van der Waals surface area contributed by atoms with Gasteiger partial charge >= 0.3 is 0 Å². The highest BCUT2D eigenvalue weighted by Crippen LogP contribution is 2.22. The first-order valence-electron chi connectivity index (χ1n) is 7.86. The Morgan fingerprint density at radius 1 is 1.24 bits per heavy atom. The normalized spacial score (nSPS) is 19.9. The average Bonchev–Trinajstić information content (AvgIpc) is 3.21. The molecule has 0 aliphatic carbocycles. The van der Waals surface area contributed by atoms with E-state index in [4.69, 9.17) is 0 Å². The fraction of sp³-hybridized carbons (Fsp3) is 0.467. The molecule has 136 valence electrons. The molecule has 1 aromatic carbocycles. The molecule has 0 spiro atoms. The van der Waals surface area contributed by atoms with Gasteiger partial charge in [-0.25, -0.2) is 21.6 Å². The summed E-state index contributed by atoms with van der Waals surface area (Å²) in [6.45, 7) is 0.178. The van der Waals surface area contributed by atoms with Gasteiger partial charge in [0.1, 0.15) is 0 Å². The SMILES string of the molecule is O=S1(=O)CCC(CCS(=O)(=O)NCc2ccc(-c3ncon3)cc2)C1. The largest absolute Gasteiger partial charge is 0.342 e. The van der Waals surface area contributed by atoms with Gasteiger partial charge in [0.25, 0.3) is 0 Å². The molecular weight excluding hydrogens is 366 g/mol. The van der Waals surface area contributed by atoms with Crippen molar-refractivity contribution in [3.63, 3.8) is 0 Å². The van der Waals surface area contributed by atoms with Crippen LogP contribution in [0.2, 0.25) is 0 Å². The van der Waals surface area contributed by atoms with E-state index < -0.39 is 19.9 Å². The Kier molecular flexibility index (Phi) is 5.21. The minimum atomic E-state index is -3.44. The molecule has 1 N–H and O–H groups in total. The van der Waals surface area contributed by atoms with Gasteiger partial charge < -0.3 is 4.52 Å². The summed E-state index contributed by atoms with van der Waals surface area (Å²) in [7, 11) is -6.42. The van der Waals surface area contributed by atoms with Gasteiger partial charge in [-0.3, -0.25) is 0 Å². The molecule has 10 heteroatoms. The molecule has 1 unspecified atom stereocenters. The highest BCUT2D eigenvalue weighted by atomic mass is 32.2. The molecule has 25 heavy (non-hydrogen) atoms. The van der Waals surface area contributed by atoms with E-state index in [2.05, 4.69) is 19.4 Å². The third-order valence-electron chi connectivity index (χ3n) is 4.19. The van der Waals surface area contributed by atoms with E-state index in [-0.39, 0.29) is 29.7 Å². The second-order valence-corrected chi connectivity index (χ2v) is 10.3. The molecule has 1 aromatic heterocycles. The number of hydrogen-bond acceptors (Lipinski definition) is 7. The van der Waals surface area contributed by atoms with Crippen LogP contribution in [0.25, 0.3) is 11.4 Å². The number of aromatic nitrogens is 2. The van der Waals surface area contributed by atoms with Gasteiger partial charge in [0.05, 0.1) is 17.3 Å². The van der Waals surface area contributed by atoms with Crippen LogP contribution in [0.5, 0.6) is 0 Å². The van der Waals surface area contributed by atoms with Crippen molar-refractivity contribution >= 4 is 19.9 Å². The summed E-state index contributed by atoms with van der Waals surface area (Å²) in [5.74, 6) is 0.612. The Balaban J connectivity index is 1.50. The lowest BCUT2D eigenvalue weighted by molar-refractivity contribution is 0.419. The van der Waals surface area contributed by atoms with Crippen molar-refractivity contribution in [3.8, 4) is 11.4 Å². The van der Waals surface area contributed by atoms with Crippen LogP contribution in [0.1, 0.15) is 18.4 Å². The highest BCUT2D eigenvalue weighted by Gasteiger charge is 2.28. The molecule has 1 aliphatic heterocycles. The van der Waals surface area contributed by atoms with E-state index in [0.717, 1.165) is 11.1 Å². The van der Waals surface area contributed by atoms with Crippen LogP contribution < -0.4 is 4.72 Å². The maximum absolute atomic E-state index is 12.1. The second kappa shape index (κ2) is 7.22. The zero-order valence-electron chi connectivity index (χ0n) is 13.5. The van der Waals surface area contributed by atoms with E-state index in [0.29, 0.717) is 18.7 Å². The van der Waals surface area contributed by atoms with Gasteiger partial charge in [0.2, 0.25) is 22.2 Å². The van der Waals surface area contributed by atoms with Crippen LogP contribution in [0.15, 0.2) is 35.2 Å². The molecule has 2 heterocycles. The number of hydrogen-bond donors (Lipinski definition) is 1. The van der Waals surface area contributed by atoms with Gasteiger partial charge in [-0.1, -0.05) is 29.4 Å². The lowest BCUT2D eigenvalue weighted by atomic mass is 10.1. The summed E-state index contributed by atoms with van der Waals surface area (Å²) in [4.78, 5) is 3.94. The van der Waals surface area contributed by atoms with Gasteiger partial charge in [-0.2, -0.15) is 4.98 Å². The topological polar surface area (TPSA) is 119 Å². The molecular formula is C15H19N3O5S2. The van der Waals surface area contributed by atoms with Crippen LogP contribution in [0, 0.1) is 5.92 Å². The lowest BCUT2D eigenvalue weighted by Crippen LogP contribution is -2.27. The van der Waals surface area contributed by atoms with Crippen molar-refractivity contribution in [3.05, 3.63) is 36.2 Å². The maximum Gasteiger partial charge on any atom is 0.214 e. The van der Waals surface area contributed by atoms with Gasteiger partial charge in [-0.15, -0.1) is 0 Å². The number of nitrogens with one attached hydrogen (secondary N) is 1. The Labute approximate surface area is 146 Å². The van der Waals surface area contributed by atoms with Crippen LogP contribution in [0.3, 0.4) is 0 Å². The maximum atomic E-state index is 12.1. The van der Waals surface area contributed by atoms with E-state index in [1.165, 1.54) is 6.39 Å². The van der Waals surface area contributed by atoms with Crippen LogP contribution in [-0.2, 0) is 26.4 Å². The number of rotatable bonds is 7. The van der Waals surface area contributed by atoms with Crippen molar-refractivity contribution in [2.24, 2.45) is 5.92 Å². The fourth-order valence-corrected chi connectivity index (χ4v) is 5.84. The van der Waals surface area contributed by atoms with Gasteiger partial charge in [-0.05, 0) is 24.3 Å². The predicted octanol–water partition coefficient (Wildman–Crippen LogP) is 0.981. The summed E-state index contributed by atoms with van der Waals surface area (Å²) in [6.07, 6.45) is 2.16. The van der Waals surface area contributed by atoms with E-state index >= 15 is 0 Å². The first-order valence-corrected chi connectivity index (χ1v) is 11.3. The van der Waals surface area contributed by atoms with Crippen molar-refractivity contribution < 1.29 is 21.4 Å². The molecule has 0 bridgehead atoms. The standard InChI is InChI=1S/C15H19N3O5S2/c19-24(20)7-5-13(10-24)6-8-25(21,22)17-9-12-1-3-14(4-2-12)15-16-11-23-18-15/h1-4,11,13,17H,5-10H2. The molecule has 3 rings (SSSR count). The number of sulfonamides is 1. The van der Waals surface area contributed by atoms with Crippen molar-refractivity contribution in [2.45, 2.75) is 19.4 Å². The summed E-state index contributed by atoms with van der Waals surface area (Å²) in [5.41, 5.74) is 1.59. The zero-order chi connectivity index (χ0) is 17.9. The molecule has 0 amide bonds.